The van der Waals surface area contributed by atoms with Crippen molar-refractivity contribution in [3.8, 4) is 0 Å². The molecule has 0 aromatic carbocycles. The van der Waals surface area contributed by atoms with Gasteiger partial charge in [0, 0.05) is 20.2 Å². The zero-order chi connectivity index (χ0) is 14.7. The Morgan fingerprint density at radius 3 is 2.32 bits per heavy atom. The highest BCUT2D eigenvalue weighted by atomic mass is 19.4. The molecule has 0 aliphatic carbocycles. The lowest BCUT2D eigenvalue weighted by molar-refractivity contribution is -0.173. The van der Waals surface area contributed by atoms with Gasteiger partial charge in [0.05, 0.1) is 13.2 Å². The van der Waals surface area contributed by atoms with Gasteiger partial charge in [-0.15, -0.1) is 0 Å². The first-order valence-corrected chi connectivity index (χ1v) is 5.56. The van der Waals surface area contributed by atoms with Crippen molar-refractivity contribution < 1.29 is 32.2 Å². The number of amides is 2. The van der Waals surface area contributed by atoms with Crippen molar-refractivity contribution in [1.82, 2.24) is 10.6 Å². The lowest BCUT2D eigenvalue weighted by Gasteiger charge is -2.08. The largest absolute Gasteiger partial charge is 0.471 e. The molecule has 0 radical (unpaired) electrons. The van der Waals surface area contributed by atoms with Gasteiger partial charge in [-0.1, -0.05) is 0 Å². The van der Waals surface area contributed by atoms with Crippen LogP contribution < -0.4 is 10.6 Å². The van der Waals surface area contributed by atoms with Gasteiger partial charge >= 0.3 is 12.1 Å². The Morgan fingerprint density at radius 2 is 1.74 bits per heavy atom. The summed E-state index contributed by atoms with van der Waals surface area (Å²) in [7, 11) is 1.50. The number of nitrogens with one attached hydrogen (secondary N) is 2. The SMILES string of the molecule is COCCOCC(=O)NCCCNC(=O)C(F)(F)F. The summed E-state index contributed by atoms with van der Waals surface area (Å²) in [6.45, 7) is 0.508. The number of alkyl halides is 3. The van der Waals surface area contributed by atoms with Crippen LogP contribution in [0.4, 0.5) is 13.2 Å². The summed E-state index contributed by atoms with van der Waals surface area (Å²) in [4.78, 5) is 21.5. The summed E-state index contributed by atoms with van der Waals surface area (Å²) in [5.41, 5.74) is 0. The number of hydrogen-bond donors (Lipinski definition) is 2. The maximum Gasteiger partial charge on any atom is 0.471 e. The molecule has 0 saturated carbocycles. The number of carbonyl (C=O) groups is 2. The lowest BCUT2D eigenvalue weighted by atomic mass is 10.4. The molecular formula is C10H17F3N2O4. The first-order chi connectivity index (χ1) is 8.88. The number of hydrogen-bond acceptors (Lipinski definition) is 4. The van der Waals surface area contributed by atoms with E-state index in [1.165, 1.54) is 7.11 Å². The Balaban J connectivity index is 3.44. The molecule has 0 unspecified atom stereocenters. The summed E-state index contributed by atoms with van der Waals surface area (Å²) in [6.07, 6.45) is -4.68. The summed E-state index contributed by atoms with van der Waals surface area (Å²) in [5.74, 6) is -2.36. The lowest BCUT2D eigenvalue weighted by Crippen LogP contribution is -2.38. The van der Waals surface area contributed by atoms with Gasteiger partial charge in [0.1, 0.15) is 6.61 Å². The minimum absolute atomic E-state index is 0.141. The van der Waals surface area contributed by atoms with Crippen molar-refractivity contribution in [3.63, 3.8) is 0 Å². The number of halogens is 3. The molecule has 6 nitrogen and oxygen atoms in total. The van der Waals surface area contributed by atoms with Crippen molar-refractivity contribution in [2.24, 2.45) is 0 Å². The number of methoxy groups -OCH3 is 1. The fourth-order valence-electron chi connectivity index (χ4n) is 0.976. The number of rotatable bonds is 9. The van der Waals surface area contributed by atoms with Gasteiger partial charge in [0.25, 0.3) is 0 Å². The van der Waals surface area contributed by atoms with Crippen molar-refractivity contribution in [3.05, 3.63) is 0 Å². The van der Waals surface area contributed by atoms with Crippen LogP contribution in [0.5, 0.6) is 0 Å². The first kappa shape index (κ1) is 17.6. The third-order valence-electron chi connectivity index (χ3n) is 1.88. The average Bonchev–Trinajstić information content (AvgIpc) is 2.33. The average molecular weight is 286 g/mol. The minimum atomic E-state index is -4.88. The summed E-state index contributed by atoms with van der Waals surface area (Å²) < 4.78 is 45.0. The molecule has 112 valence electrons. The third-order valence-corrected chi connectivity index (χ3v) is 1.88. The van der Waals surface area contributed by atoms with E-state index >= 15 is 0 Å². The molecule has 9 heteroatoms. The predicted molar refractivity (Wildman–Crippen MR) is 59.4 cm³/mol. The van der Waals surface area contributed by atoms with E-state index in [0.717, 1.165) is 0 Å². The summed E-state index contributed by atoms with van der Waals surface area (Å²) >= 11 is 0. The maximum absolute atomic E-state index is 11.8. The van der Waals surface area contributed by atoms with Gasteiger partial charge in [0.15, 0.2) is 0 Å². The van der Waals surface area contributed by atoms with E-state index in [1.54, 1.807) is 5.32 Å². The Morgan fingerprint density at radius 1 is 1.11 bits per heavy atom. The second-order valence-electron chi connectivity index (χ2n) is 3.50. The molecule has 0 saturated heterocycles. The van der Waals surface area contributed by atoms with Crippen molar-refractivity contribution >= 4 is 11.8 Å². The van der Waals surface area contributed by atoms with Crippen LogP contribution >= 0.6 is 0 Å². The molecule has 0 aromatic heterocycles. The standard InChI is InChI=1S/C10H17F3N2O4/c1-18-5-6-19-7-8(16)14-3-2-4-15-9(17)10(11,12)13/h2-7H2,1H3,(H,14,16)(H,15,17). The van der Waals surface area contributed by atoms with Crippen LogP contribution in [0.2, 0.25) is 0 Å². The summed E-state index contributed by atoms with van der Waals surface area (Å²) in [5, 5.41) is 4.13. The second-order valence-corrected chi connectivity index (χ2v) is 3.50. The molecule has 0 aliphatic heterocycles. The Labute approximate surface area is 108 Å². The highest BCUT2D eigenvalue weighted by Gasteiger charge is 2.38. The fourth-order valence-corrected chi connectivity index (χ4v) is 0.976. The monoisotopic (exact) mass is 286 g/mol. The molecular weight excluding hydrogens is 269 g/mol. The van der Waals surface area contributed by atoms with Crippen LogP contribution in [-0.4, -0.2) is 58.0 Å². The molecule has 0 heterocycles. The Hall–Kier alpha value is -1.35. The van der Waals surface area contributed by atoms with E-state index in [0.29, 0.717) is 6.61 Å². The highest BCUT2D eigenvalue weighted by molar-refractivity contribution is 5.81. The fraction of sp³-hybridized carbons (Fsp3) is 0.800. The normalized spacial score (nSPS) is 11.2. The van der Waals surface area contributed by atoms with Gasteiger partial charge in [-0.05, 0) is 6.42 Å². The molecule has 0 bridgehead atoms. The number of ether oxygens (including phenoxy) is 2. The quantitative estimate of drug-likeness (QED) is 0.577. The van der Waals surface area contributed by atoms with E-state index in [9.17, 15) is 22.8 Å². The van der Waals surface area contributed by atoms with Crippen LogP contribution in [0.1, 0.15) is 6.42 Å². The van der Waals surface area contributed by atoms with Gasteiger partial charge < -0.3 is 20.1 Å². The maximum atomic E-state index is 11.8. The van der Waals surface area contributed by atoms with Crippen molar-refractivity contribution in [2.75, 3.05) is 40.0 Å². The van der Waals surface area contributed by atoms with Crippen LogP contribution in [0.25, 0.3) is 0 Å². The Bertz CT molecular complexity index is 284. The zero-order valence-electron chi connectivity index (χ0n) is 10.5. The predicted octanol–water partition coefficient (Wildman–Crippen LogP) is -0.166. The first-order valence-electron chi connectivity index (χ1n) is 5.56. The van der Waals surface area contributed by atoms with E-state index in [-0.39, 0.29) is 38.6 Å². The minimum Gasteiger partial charge on any atom is -0.382 e. The topological polar surface area (TPSA) is 76.7 Å². The molecule has 2 amide bonds. The van der Waals surface area contributed by atoms with Gasteiger partial charge in [-0.2, -0.15) is 13.2 Å². The van der Waals surface area contributed by atoms with Crippen LogP contribution in [-0.2, 0) is 19.1 Å². The molecule has 2 N–H and O–H groups in total. The molecule has 0 rings (SSSR count). The van der Waals surface area contributed by atoms with Crippen LogP contribution in [0.3, 0.4) is 0 Å². The van der Waals surface area contributed by atoms with Crippen molar-refractivity contribution in [2.45, 2.75) is 12.6 Å². The number of carbonyl (C=O) groups excluding carboxylic acids is 2. The molecule has 0 spiro atoms. The molecule has 0 atom stereocenters. The second kappa shape index (κ2) is 9.56. The van der Waals surface area contributed by atoms with Crippen molar-refractivity contribution in [1.29, 1.82) is 0 Å². The third kappa shape index (κ3) is 10.3. The van der Waals surface area contributed by atoms with Gasteiger partial charge in [-0.25, -0.2) is 0 Å². The van der Waals surface area contributed by atoms with Gasteiger partial charge in [0.2, 0.25) is 5.91 Å². The zero-order valence-corrected chi connectivity index (χ0v) is 10.5. The van der Waals surface area contributed by atoms with Gasteiger partial charge in [-0.3, -0.25) is 9.59 Å². The highest BCUT2D eigenvalue weighted by Crippen LogP contribution is 2.13. The molecule has 0 fully saturated rings. The smallest absolute Gasteiger partial charge is 0.382 e. The molecule has 0 aliphatic rings. The van der Waals surface area contributed by atoms with E-state index < -0.39 is 12.1 Å². The van der Waals surface area contributed by atoms with Crippen LogP contribution in [0.15, 0.2) is 0 Å². The van der Waals surface area contributed by atoms with E-state index in [1.807, 2.05) is 0 Å². The molecule has 19 heavy (non-hydrogen) atoms. The summed E-state index contributed by atoms with van der Waals surface area (Å²) in [6, 6.07) is 0. The van der Waals surface area contributed by atoms with E-state index in [2.05, 4.69) is 5.32 Å². The Kier molecular flexibility index (Phi) is 8.88. The van der Waals surface area contributed by atoms with E-state index in [4.69, 9.17) is 9.47 Å². The van der Waals surface area contributed by atoms with Crippen LogP contribution in [0, 0.1) is 0 Å². The molecule has 0 aromatic rings.